The molecule has 1 aliphatic heterocycles. The fourth-order valence-electron chi connectivity index (χ4n) is 5.24. The lowest BCUT2D eigenvalue weighted by Crippen LogP contribution is -2.38. The lowest BCUT2D eigenvalue weighted by Gasteiger charge is -2.32. The smallest absolute Gasteiger partial charge is 0.411 e. The van der Waals surface area contributed by atoms with Crippen molar-refractivity contribution in [3.63, 3.8) is 0 Å². The Labute approximate surface area is 265 Å². The molecular formula is C31H34ClFN4O7S. The molecule has 0 radical (unpaired) electrons. The SMILES string of the molecule is COc1cc([C@H](Nc2cc(C(N)=O)ccc2F)C(=O)N2CCC[C@@H]2c2cc(N(C)C(=O)O)ccc2S(=O)(=O)C(C)C)ccc1Cl. The van der Waals surface area contributed by atoms with E-state index < -0.39 is 50.9 Å². The molecule has 14 heteroatoms. The Hall–Kier alpha value is -4.36. The summed E-state index contributed by atoms with van der Waals surface area (Å²) in [5, 5.41) is 12.0. The number of nitrogens with two attached hydrogens (primary N) is 1. The van der Waals surface area contributed by atoms with Gasteiger partial charge in [-0.25, -0.2) is 17.6 Å². The maximum atomic E-state index is 15.0. The summed E-state index contributed by atoms with van der Waals surface area (Å²) in [5.41, 5.74) is 6.11. The van der Waals surface area contributed by atoms with Crippen LogP contribution in [0.3, 0.4) is 0 Å². The molecule has 0 aliphatic carbocycles. The molecule has 3 aromatic carbocycles. The number of sulfone groups is 1. The van der Waals surface area contributed by atoms with Crippen LogP contribution in [0, 0.1) is 5.82 Å². The molecule has 1 saturated heterocycles. The van der Waals surface area contributed by atoms with Gasteiger partial charge < -0.3 is 25.8 Å². The molecule has 3 amide bonds. The predicted octanol–water partition coefficient (Wildman–Crippen LogP) is 5.40. The van der Waals surface area contributed by atoms with Gasteiger partial charge in [0.15, 0.2) is 9.84 Å². The minimum atomic E-state index is -3.85. The largest absolute Gasteiger partial charge is 0.495 e. The minimum Gasteiger partial charge on any atom is -0.495 e. The molecule has 3 aromatic rings. The maximum absolute atomic E-state index is 15.0. The summed E-state index contributed by atoms with van der Waals surface area (Å²) in [6.07, 6.45) is -0.353. The third-order valence-electron chi connectivity index (χ3n) is 7.80. The molecule has 0 saturated carbocycles. The van der Waals surface area contributed by atoms with E-state index in [0.29, 0.717) is 18.4 Å². The summed E-state index contributed by atoms with van der Waals surface area (Å²) in [6.45, 7) is 3.31. The van der Waals surface area contributed by atoms with Crippen LogP contribution in [0.1, 0.15) is 60.3 Å². The summed E-state index contributed by atoms with van der Waals surface area (Å²) in [5.74, 6) is -1.81. The molecule has 1 aliphatic rings. The number of rotatable bonds is 10. The number of primary amides is 1. The Bertz CT molecular complexity index is 1750. The van der Waals surface area contributed by atoms with Crippen molar-refractivity contribution in [3.8, 4) is 5.75 Å². The lowest BCUT2D eigenvalue weighted by atomic mass is 10.0. The number of halogens is 2. The van der Waals surface area contributed by atoms with E-state index in [9.17, 15) is 27.9 Å². The van der Waals surface area contributed by atoms with Gasteiger partial charge in [0.05, 0.1) is 34.0 Å². The van der Waals surface area contributed by atoms with E-state index in [0.717, 1.165) is 11.0 Å². The van der Waals surface area contributed by atoms with Crippen molar-refractivity contribution in [3.05, 3.63) is 82.1 Å². The first-order chi connectivity index (χ1) is 21.2. The van der Waals surface area contributed by atoms with Gasteiger partial charge in [-0.05, 0) is 86.3 Å². The van der Waals surface area contributed by atoms with Crippen molar-refractivity contribution in [2.45, 2.75) is 48.9 Å². The van der Waals surface area contributed by atoms with Gasteiger partial charge in [0.25, 0.3) is 0 Å². The van der Waals surface area contributed by atoms with Crippen LogP contribution in [0.25, 0.3) is 0 Å². The highest BCUT2D eigenvalue weighted by atomic mass is 35.5. The monoisotopic (exact) mass is 660 g/mol. The summed E-state index contributed by atoms with van der Waals surface area (Å²) >= 11 is 6.25. The van der Waals surface area contributed by atoms with Crippen LogP contribution in [0.2, 0.25) is 5.02 Å². The number of methoxy groups -OCH3 is 1. The van der Waals surface area contributed by atoms with Crippen molar-refractivity contribution in [2.24, 2.45) is 5.73 Å². The van der Waals surface area contributed by atoms with Gasteiger partial charge in [0, 0.05) is 24.8 Å². The number of ether oxygens (including phenoxy) is 1. The van der Waals surface area contributed by atoms with Gasteiger partial charge in [-0.2, -0.15) is 0 Å². The zero-order chi connectivity index (χ0) is 33.2. The molecule has 4 rings (SSSR count). The number of carbonyl (C=O) groups is 3. The first-order valence-corrected chi connectivity index (χ1v) is 15.9. The van der Waals surface area contributed by atoms with Crippen LogP contribution in [0.15, 0.2) is 59.5 Å². The fraction of sp³-hybridized carbons (Fsp3) is 0.323. The van der Waals surface area contributed by atoms with E-state index in [1.54, 1.807) is 6.07 Å². The van der Waals surface area contributed by atoms with E-state index in [4.69, 9.17) is 22.1 Å². The maximum Gasteiger partial charge on any atom is 0.411 e. The first-order valence-electron chi connectivity index (χ1n) is 14.0. The molecule has 1 fully saturated rings. The zero-order valence-corrected chi connectivity index (χ0v) is 26.7. The van der Waals surface area contributed by atoms with Crippen LogP contribution in [-0.2, 0) is 14.6 Å². The minimum absolute atomic E-state index is 0.0115. The Morgan fingerprint density at radius 1 is 1.13 bits per heavy atom. The topological polar surface area (TPSA) is 159 Å². The standard InChI is InChI=1S/C31H34ClFN4O7S/c1-17(2)45(42,43)27-12-9-20(36(3)31(40)41)16-21(27)25-6-5-13-37(25)30(39)28(18-7-10-22(32)26(15-18)44-4)35-24-14-19(29(34)38)8-11-23(24)33/h7-12,14-17,25,28,35H,5-6,13H2,1-4H3,(H2,34,38)(H,40,41)/t25-,28+/m1/s1. The number of anilines is 2. The summed E-state index contributed by atoms with van der Waals surface area (Å²) < 4.78 is 47.3. The number of nitrogens with zero attached hydrogens (tertiary/aromatic N) is 2. The average Bonchev–Trinajstić information content (AvgIpc) is 3.49. The van der Waals surface area contributed by atoms with Crippen LogP contribution >= 0.6 is 11.6 Å². The number of benzene rings is 3. The van der Waals surface area contributed by atoms with Gasteiger partial charge in [-0.3, -0.25) is 14.5 Å². The number of carboxylic acid groups (broad SMARTS) is 1. The van der Waals surface area contributed by atoms with Gasteiger partial charge in [-0.15, -0.1) is 0 Å². The Balaban J connectivity index is 1.86. The lowest BCUT2D eigenvalue weighted by molar-refractivity contribution is -0.133. The molecule has 4 N–H and O–H groups in total. The van der Waals surface area contributed by atoms with E-state index in [-0.39, 0.29) is 44.7 Å². The van der Waals surface area contributed by atoms with Crippen LogP contribution in [-0.4, -0.2) is 62.3 Å². The molecule has 45 heavy (non-hydrogen) atoms. The highest BCUT2D eigenvalue weighted by molar-refractivity contribution is 7.92. The number of carbonyl (C=O) groups excluding carboxylic acids is 2. The Kier molecular flexibility index (Phi) is 9.93. The van der Waals surface area contributed by atoms with E-state index in [1.165, 1.54) is 75.4 Å². The van der Waals surface area contributed by atoms with Crippen molar-refractivity contribution >= 4 is 50.7 Å². The van der Waals surface area contributed by atoms with Crippen molar-refractivity contribution in [1.29, 1.82) is 0 Å². The Morgan fingerprint density at radius 3 is 2.47 bits per heavy atom. The number of likely N-dealkylation sites (tertiary alicyclic amines) is 1. The molecular weight excluding hydrogens is 627 g/mol. The second-order valence-electron chi connectivity index (χ2n) is 10.9. The van der Waals surface area contributed by atoms with E-state index >= 15 is 4.39 Å². The van der Waals surface area contributed by atoms with Gasteiger partial charge in [0.1, 0.15) is 17.6 Å². The van der Waals surface area contributed by atoms with Crippen molar-refractivity contribution in [2.75, 3.05) is 30.9 Å². The molecule has 240 valence electrons. The van der Waals surface area contributed by atoms with Crippen LogP contribution in [0.4, 0.5) is 20.6 Å². The predicted molar refractivity (Wildman–Crippen MR) is 168 cm³/mol. The van der Waals surface area contributed by atoms with Crippen LogP contribution < -0.4 is 20.7 Å². The number of hydrogen-bond donors (Lipinski definition) is 3. The van der Waals surface area contributed by atoms with Crippen LogP contribution in [0.5, 0.6) is 5.75 Å². The molecule has 0 aromatic heterocycles. The van der Waals surface area contributed by atoms with E-state index in [2.05, 4.69) is 5.32 Å². The summed E-state index contributed by atoms with van der Waals surface area (Å²) in [7, 11) is -1.12. The molecule has 1 heterocycles. The summed E-state index contributed by atoms with van der Waals surface area (Å²) in [6, 6.07) is 10.3. The van der Waals surface area contributed by atoms with Gasteiger partial charge in [0.2, 0.25) is 11.8 Å². The van der Waals surface area contributed by atoms with Gasteiger partial charge in [-0.1, -0.05) is 17.7 Å². The molecule has 0 unspecified atom stereocenters. The second kappa shape index (κ2) is 13.3. The quantitative estimate of drug-likeness (QED) is 0.261. The molecule has 2 atom stereocenters. The third kappa shape index (κ3) is 6.84. The number of hydrogen-bond acceptors (Lipinski definition) is 7. The molecule has 0 spiro atoms. The summed E-state index contributed by atoms with van der Waals surface area (Å²) in [4.78, 5) is 40.5. The first kappa shape index (κ1) is 33.5. The van der Waals surface area contributed by atoms with Gasteiger partial charge >= 0.3 is 6.09 Å². The molecule has 11 nitrogen and oxygen atoms in total. The van der Waals surface area contributed by atoms with Crippen molar-refractivity contribution in [1.82, 2.24) is 4.90 Å². The normalized spacial score (nSPS) is 15.5. The Morgan fingerprint density at radius 2 is 1.84 bits per heavy atom. The number of nitrogens with one attached hydrogen (secondary N) is 1. The highest BCUT2D eigenvalue weighted by Crippen LogP contribution is 2.41. The van der Waals surface area contributed by atoms with E-state index in [1.807, 2.05) is 0 Å². The second-order valence-corrected chi connectivity index (χ2v) is 13.8. The highest BCUT2D eigenvalue weighted by Gasteiger charge is 2.38. The number of amides is 3. The zero-order valence-electron chi connectivity index (χ0n) is 25.1. The molecule has 0 bridgehead atoms. The van der Waals surface area contributed by atoms with Crippen molar-refractivity contribution < 1.29 is 37.0 Å². The fourth-order valence-corrected chi connectivity index (χ4v) is 6.72. The third-order valence-corrected chi connectivity index (χ3v) is 10.3. The average molecular weight is 661 g/mol.